The fourth-order valence-electron chi connectivity index (χ4n) is 1.86. The summed E-state index contributed by atoms with van der Waals surface area (Å²) in [4.78, 5) is 22.8. The molecule has 0 aliphatic carbocycles. The van der Waals surface area contributed by atoms with Crippen LogP contribution >= 0.6 is 15.9 Å². The van der Waals surface area contributed by atoms with E-state index in [2.05, 4.69) is 21.2 Å². The number of hydrogen-bond acceptors (Lipinski definition) is 2. The average Bonchev–Trinajstić information content (AvgIpc) is 2.40. The van der Waals surface area contributed by atoms with Gasteiger partial charge in [-0.3, -0.25) is 14.9 Å². The van der Waals surface area contributed by atoms with Gasteiger partial charge in [0, 0.05) is 16.5 Å². The zero-order valence-electron chi connectivity index (χ0n) is 8.51. The minimum atomic E-state index is -1.10. The first-order chi connectivity index (χ1) is 7.43. The smallest absolute Gasteiger partial charge is 0.237 e. The molecule has 1 N–H and O–H groups in total. The summed E-state index contributed by atoms with van der Waals surface area (Å²) in [5, 5.41) is 2.19. The maximum atomic E-state index is 13.7. The van der Waals surface area contributed by atoms with Gasteiger partial charge in [-0.1, -0.05) is 22.0 Å². The predicted molar refractivity (Wildman–Crippen MR) is 59.2 cm³/mol. The van der Waals surface area contributed by atoms with E-state index >= 15 is 0 Å². The maximum Gasteiger partial charge on any atom is 0.237 e. The van der Waals surface area contributed by atoms with Crippen molar-refractivity contribution in [2.24, 2.45) is 0 Å². The molecule has 2 rings (SSSR count). The number of benzene rings is 1. The number of hydrogen-bond donors (Lipinski definition) is 1. The number of carbonyl (C=O) groups is 2. The number of nitrogens with one attached hydrogen (secondary N) is 1. The van der Waals surface area contributed by atoms with E-state index in [1.807, 2.05) is 0 Å². The van der Waals surface area contributed by atoms with E-state index in [-0.39, 0.29) is 17.9 Å². The van der Waals surface area contributed by atoms with Crippen LogP contribution in [0.25, 0.3) is 0 Å². The summed E-state index contributed by atoms with van der Waals surface area (Å²) in [6.45, 7) is 1.57. The molecule has 1 saturated heterocycles. The van der Waals surface area contributed by atoms with Gasteiger partial charge < -0.3 is 0 Å². The third-order valence-electron chi connectivity index (χ3n) is 2.79. The summed E-state index contributed by atoms with van der Waals surface area (Å²) in [5.74, 6) is -1.30. The second-order valence-corrected chi connectivity index (χ2v) is 4.93. The van der Waals surface area contributed by atoms with E-state index in [4.69, 9.17) is 0 Å². The maximum absolute atomic E-state index is 13.7. The van der Waals surface area contributed by atoms with Crippen LogP contribution in [0, 0.1) is 5.82 Å². The second kappa shape index (κ2) is 3.66. The molecule has 84 valence electrons. The van der Waals surface area contributed by atoms with Crippen LogP contribution in [0.2, 0.25) is 0 Å². The van der Waals surface area contributed by atoms with Crippen LogP contribution in [0.3, 0.4) is 0 Å². The first-order valence-electron chi connectivity index (χ1n) is 4.73. The number of rotatable bonds is 1. The molecule has 1 aromatic rings. The Balaban J connectivity index is 2.51. The van der Waals surface area contributed by atoms with Crippen LogP contribution in [0.4, 0.5) is 4.39 Å². The topological polar surface area (TPSA) is 46.2 Å². The molecule has 0 spiro atoms. The molecule has 5 heteroatoms. The van der Waals surface area contributed by atoms with E-state index in [1.54, 1.807) is 13.0 Å². The Morgan fingerprint density at radius 3 is 2.62 bits per heavy atom. The third kappa shape index (κ3) is 1.65. The third-order valence-corrected chi connectivity index (χ3v) is 3.29. The molecular weight excluding hydrogens is 277 g/mol. The molecular formula is C11H9BrFNO2. The van der Waals surface area contributed by atoms with E-state index in [0.29, 0.717) is 4.47 Å². The molecule has 1 unspecified atom stereocenters. The predicted octanol–water partition coefficient (Wildman–Crippen LogP) is 1.89. The Kier molecular flexibility index (Phi) is 2.58. The Morgan fingerprint density at radius 1 is 1.44 bits per heavy atom. The van der Waals surface area contributed by atoms with E-state index in [1.165, 1.54) is 12.1 Å². The number of amides is 2. The number of imide groups is 1. The summed E-state index contributed by atoms with van der Waals surface area (Å²) in [6, 6.07) is 4.47. The molecule has 1 heterocycles. The molecule has 1 fully saturated rings. The lowest BCUT2D eigenvalue weighted by Gasteiger charge is -2.20. The van der Waals surface area contributed by atoms with Crippen LogP contribution in [-0.2, 0) is 15.0 Å². The number of halogens is 2. The van der Waals surface area contributed by atoms with Crippen LogP contribution in [0.5, 0.6) is 0 Å². The molecule has 1 aliphatic rings. The standard InChI is InChI=1S/C11H9BrFNO2/c1-11(5-9(15)14-10(11)16)7-3-2-6(12)4-8(7)13/h2-4H,5H2,1H3,(H,14,15,16). The molecule has 16 heavy (non-hydrogen) atoms. The molecule has 2 amide bonds. The van der Waals surface area contributed by atoms with Crippen molar-refractivity contribution < 1.29 is 14.0 Å². The average molecular weight is 286 g/mol. The minimum Gasteiger partial charge on any atom is -0.296 e. The van der Waals surface area contributed by atoms with Crippen LogP contribution in [-0.4, -0.2) is 11.8 Å². The van der Waals surface area contributed by atoms with Gasteiger partial charge in [-0.25, -0.2) is 4.39 Å². The van der Waals surface area contributed by atoms with Crippen molar-refractivity contribution in [1.82, 2.24) is 5.32 Å². The van der Waals surface area contributed by atoms with Crippen molar-refractivity contribution in [3.63, 3.8) is 0 Å². The van der Waals surface area contributed by atoms with Gasteiger partial charge in [-0.15, -0.1) is 0 Å². The first kappa shape index (κ1) is 11.3. The van der Waals surface area contributed by atoms with Crippen molar-refractivity contribution in [1.29, 1.82) is 0 Å². The first-order valence-corrected chi connectivity index (χ1v) is 5.52. The Morgan fingerprint density at radius 2 is 2.12 bits per heavy atom. The minimum absolute atomic E-state index is 0.00954. The highest BCUT2D eigenvalue weighted by Crippen LogP contribution is 2.34. The van der Waals surface area contributed by atoms with Crippen molar-refractivity contribution in [3.8, 4) is 0 Å². The van der Waals surface area contributed by atoms with Gasteiger partial charge in [0.1, 0.15) is 5.82 Å². The van der Waals surface area contributed by atoms with Crippen molar-refractivity contribution in [2.75, 3.05) is 0 Å². The van der Waals surface area contributed by atoms with E-state index in [9.17, 15) is 14.0 Å². The summed E-state index contributed by atoms with van der Waals surface area (Å²) in [6.07, 6.45) is -0.00954. The van der Waals surface area contributed by atoms with E-state index in [0.717, 1.165) is 0 Å². The lowest BCUT2D eigenvalue weighted by Crippen LogP contribution is -2.33. The summed E-state index contributed by atoms with van der Waals surface area (Å²) in [5.41, 5.74) is -0.846. The zero-order chi connectivity index (χ0) is 11.9. The van der Waals surface area contributed by atoms with Gasteiger partial charge in [0.2, 0.25) is 11.8 Å². The SMILES string of the molecule is CC1(c2ccc(Br)cc2F)CC(=O)NC1=O. The highest BCUT2D eigenvalue weighted by Gasteiger charge is 2.45. The summed E-state index contributed by atoms with van der Waals surface area (Å²) >= 11 is 3.14. The monoisotopic (exact) mass is 285 g/mol. The Bertz CT molecular complexity index is 489. The van der Waals surface area contributed by atoms with E-state index < -0.39 is 17.1 Å². The van der Waals surface area contributed by atoms with Crippen LogP contribution < -0.4 is 5.32 Å². The summed E-state index contributed by atoms with van der Waals surface area (Å²) in [7, 11) is 0. The van der Waals surface area contributed by atoms with Crippen LogP contribution in [0.1, 0.15) is 18.9 Å². The van der Waals surface area contributed by atoms with Gasteiger partial charge >= 0.3 is 0 Å². The summed E-state index contributed by atoms with van der Waals surface area (Å²) < 4.78 is 14.3. The highest BCUT2D eigenvalue weighted by atomic mass is 79.9. The van der Waals surface area contributed by atoms with Crippen molar-refractivity contribution in [3.05, 3.63) is 34.1 Å². The molecule has 0 aromatic heterocycles. The largest absolute Gasteiger partial charge is 0.296 e. The van der Waals surface area contributed by atoms with Gasteiger partial charge in [0.05, 0.1) is 5.41 Å². The lowest BCUT2D eigenvalue weighted by atomic mass is 9.81. The Labute approximate surface area is 100 Å². The molecule has 1 aromatic carbocycles. The normalized spacial score (nSPS) is 24.7. The zero-order valence-corrected chi connectivity index (χ0v) is 10.1. The molecule has 1 atom stereocenters. The lowest BCUT2D eigenvalue weighted by molar-refractivity contribution is -0.126. The molecule has 0 bridgehead atoms. The van der Waals surface area contributed by atoms with Gasteiger partial charge in [-0.2, -0.15) is 0 Å². The molecule has 1 aliphatic heterocycles. The van der Waals surface area contributed by atoms with Crippen molar-refractivity contribution >= 4 is 27.7 Å². The Hall–Kier alpha value is -1.23. The fourth-order valence-corrected chi connectivity index (χ4v) is 2.20. The highest BCUT2D eigenvalue weighted by molar-refractivity contribution is 9.10. The fraction of sp³-hybridized carbons (Fsp3) is 0.273. The van der Waals surface area contributed by atoms with Gasteiger partial charge in [0.15, 0.2) is 0 Å². The number of carbonyl (C=O) groups excluding carboxylic acids is 2. The molecule has 0 radical (unpaired) electrons. The van der Waals surface area contributed by atoms with Crippen LogP contribution in [0.15, 0.2) is 22.7 Å². The second-order valence-electron chi connectivity index (χ2n) is 4.01. The molecule has 3 nitrogen and oxygen atoms in total. The van der Waals surface area contributed by atoms with Crippen molar-refractivity contribution in [2.45, 2.75) is 18.8 Å². The van der Waals surface area contributed by atoms with Gasteiger partial charge in [0.25, 0.3) is 0 Å². The molecule has 0 saturated carbocycles. The van der Waals surface area contributed by atoms with Gasteiger partial charge in [-0.05, 0) is 19.1 Å². The quantitative estimate of drug-likeness (QED) is 0.801.